The lowest BCUT2D eigenvalue weighted by Gasteiger charge is -2.18. The highest BCUT2D eigenvalue weighted by Gasteiger charge is 2.37. The second-order valence-corrected chi connectivity index (χ2v) is 7.76. The minimum atomic E-state index is -0.830. The van der Waals surface area contributed by atoms with Gasteiger partial charge in [0.05, 0.1) is 16.8 Å². The van der Waals surface area contributed by atoms with Crippen molar-refractivity contribution in [3.8, 4) is 0 Å². The maximum Gasteiger partial charge on any atom is 0.343 e. The average molecular weight is 457 g/mol. The molecule has 0 atom stereocenters. The number of rotatable bonds is 7. The fourth-order valence-electron chi connectivity index (χ4n) is 4.03. The second kappa shape index (κ2) is 9.97. The number of hydrogen-bond acceptors (Lipinski definition) is 5. The van der Waals surface area contributed by atoms with Crippen LogP contribution in [0.25, 0.3) is 11.6 Å². The molecule has 0 radical (unpaired) electrons. The third-order valence-electron chi connectivity index (χ3n) is 5.85. The number of halogens is 1. The van der Waals surface area contributed by atoms with Crippen molar-refractivity contribution in [2.24, 2.45) is 5.84 Å². The minimum Gasteiger partial charge on any atom is -0.358 e. The van der Waals surface area contributed by atoms with E-state index in [0.29, 0.717) is 29.1 Å². The fourth-order valence-corrected chi connectivity index (χ4v) is 4.03. The number of nitrogens with zero attached hydrogens (tertiary/aromatic N) is 2. The molecule has 1 aromatic carbocycles. The summed E-state index contributed by atoms with van der Waals surface area (Å²) in [6, 6.07) is 2.87. The van der Waals surface area contributed by atoms with E-state index in [1.165, 1.54) is 18.2 Å². The van der Waals surface area contributed by atoms with Gasteiger partial charge in [0.1, 0.15) is 5.82 Å². The maximum absolute atomic E-state index is 13.9. The lowest BCUT2D eigenvalue weighted by Crippen LogP contribution is -2.44. The summed E-state index contributed by atoms with van der Waals surface area (Å²) in [5, 5.41) is 2.94. The highest BCUT2D eigenvalue weighted by atomic mass is 19.1. The monoisotopic (exact) mass is 456 g/mol. The van der Waals surface area contributed by atoms with E-state index in [1.54, 1.807) is 13.8 Å². The van der Waals surface area contributed by atoms with Crippen LogP contribution in [0.1, 0.15) is 46.7 Å². The molecule has 0 saturated carbocycles. The number of fused-ring (bicyclic) bond motifs is 1. The Morgan fingerprint density at radius 1 is 1.24 bits per heavy atom. The Balaban J connectivity index is 1.93. The summed E-state index contributed by atoms with van der Waals surface area (Å²) < 4.78 is 13.9. The molecule has 5 N–H and O–H groups in total. The van der Waals surface area contributed by atoms with Crippen molar-refractivity contribution in [1.82, 2.24) is 20.6 Å². The van der Waals surface area contributed by atoms with E-state index in [1.807, 2.05) is 5.43 Å². The largest absolute Gasteiger partial charge is 0.358 e. The Morgan fingerprint density at radius 2 is 1.94 bits per heavy atom. The highest BCUT2D eigenvalue weighted by Crippen LogP contribution is 2.38. The molecule has 3 rings (SSSR count). The normalized spacial score (nSPS) is 14.2. The van der Waals surface area contributed by atoms with Crippen LogP contribution < -0.4 is 21.5 Å². The molecule has 1 aliphatic rings. The lowest BCUT2D eigenvalue weighted by molar-refractivity contribution is -0.112. The summed E-state index contributed by atoms with van der Waals surface area (Å²) in [7, 11) is 0. The Kier molecular flexibility index (Phi) is 7.29. The van der Waals surface area contributed by atoms with Gasteiger partial charge < -0.3 is 15.2 Å². The number of aryl methyl sites for hydroxylation is 1. The summed E-state index contributed by atoms with van der Waals surface area (Å²) in [5.74, 6) is 3.81. The molecular weight excluding hydrogens is 427 g/mol. The van der Waals surface area contributed by atoms with Crippen molar-refractivity contribution in [1.29, 1.82) is 0 Å². The number of H-pyrrole nitrogens is 1. The minimum absolute atomic E-state index is 0.117. The van der Waals surface area contributed by atoms with Crippen LogP contribution in [0.4, 0.5) is 14.9 Å². The van der Waals surface area contributed by atoms with Gasteiger partial charge in [0.2, 0.25) is 0 Å². The van der Waals surface area contributed by atoms with Crippen molar-refractivity contribution in [3.63, 3.8) is 0 Å². The first-order valence-electron chi connectivity index (χ1n) is 10.8. The molecule has 0 bridgehead atoms. The van der Waals surface area contributed by atoms with Gasteiger partial charge in [-0.2, -0.15) is 0 Å². The first-order valence-corrected chi connectivity index (χ1v) is 10.8. The number of imide groups is 1. The topological polar surface area (TPSA) is 124 Å². The second-order valence-electron chi connectivity index (χ2n) is 7.76. The SMILES string of the molecule is CCN(CC)CCNC(=O)c1c(C)[nH]c(C=C2C(=O)N(C(=O)NN)c3ccc(F)cc32)c1C. The maximum atomic E-state index is 13.9. The number of benzene rings is 1. The standard InChI is InChI=1S/C23H29FN6O3/c1-5-29(6-2)10-9-26-21(31)20-13(3)18(27-14(20)4)12-17-16-11-15(24)7-8-19(16)30(22(17)32)23(33)28-25/h7-8,11-12,27H,5-6,9-10,25H2,1-4H3,(H,26,31)(H,28,33). The first kappa shape index (κ1) is 24.1. The molecule has 33 heavy (non-hydrogen) atoms. The number of nitrogens with two attached hydrogens (primary N) is 1. The van der Waals surface area contributed by atoms with E-state index in [9.17, 15) is 18.8 Å². The third kappa shape index (κ3) is 4.67. The molecule has 1 aromatic heterocycles. The molecular formula is C23H29FN6O3. The third-order valence-corrected chi connectivity index (χ3v) is 5.85. The van der Waals surface area contributed by atoms with Gasteiger partial charge in [-0.25, -0.2) is 19.9 Å². The number of aromatic amines is 1. The zero-order valence-corrected chi connectivity index (χ0v) is 19.2. The Morgan fingerprint density at radius 3 is 2.58 bits per heavy atom. The van der Waals surface area contributed by atoms with Crippen LogP contribution >= 0.6 is 0 Å². The van der Waals surface area contributed by atoms with Crippen molar-refractivity contribution in [2.75, 3.05) is 31.1 Å². The number of carbonyl (C=O) groups excluding carboxylic acids is 3. The zero-order valence-electron chi connectivity index (χ0n) is 19.2. The number of hydrogen-bond donors (Lipinski definition) is 4. The molecule has 4 amide bonds. The van der Waals surface area contributed by atoms with Crippen LogP contribution in [0.15, 0.2) is 18.2 Å². The van der Waals surface area contributed by atoms with Crippen LogP contribution in [0.2, 0.25) is 0 Å². The van der Waals surface area contributed by atoms with Gasteiger partial charge in [0, 0.05) is 30.0 Å². The zero-order chi connectivity index (χ0) is 24.3. The molecule has 1 aliphatic heterocycles. The predicted octanol–water partition coefficient (Wildman–Crippen LogP) is 2.31. The van der Waals surface area contributed by atoms with Crippen LogP contribution in [-0.2, 0) is 4.79 Å². The molecule has 2 aromatic rings. The van der Waals surface area contributed by atoms with E-state index >= 15 is 0 Å². The van der Waals surface area contributed by atoms with Crippen LogP contribution in [-0.4, -0.2) is 53.9 Å². The van der Waals surface area contributed by atoms with E-state index in [4.69, 9.17) is 5.84 Å². The van der Waals surface area contributed by atoms with Crippen LogP contribution in [0.5, 0.6) is 0 Å². The summed E-state index contributed by atoms with van der Waals surface area (Å²) in [4.78, 5) is 44.2. The molecule has 0 saturated heterocycles. The van der Waals surface area contributed by atoms with Crippen LogP contribution in [0, 0.1) is 19.7 Å². The van der Waals surface area contributed by atoms with E-state index < -0.39 is 17.8 Å². The summed E-state index contributed by atoms with van der Waals surface area (Å²) >= 11 is 0. The van der Waals surface area contributed by atoms with Gasteiger partial charge in [-0.05, 0) is 56.8 Å². The molecule has 9 nitrogen and oxygen atoms in total. The van der Waals surface area contributed by atoms with Crippen LogP contribution in [0.3, 0.4) is 0 Å². The quantitative estimate of drug-likeness (QED) is 0.220. The van der Waals surface area contributed by atoms with E-state index in [-0.39, 0.29) is 22.7 Å². The number of anilines is 1. The van der Waals surface area contributed by atoms with Crippen molar-refractivity contribution in [2.45, 2.75) is 27.7 Å². The first-order chi connectivity index (χ1) is 15.7. The summed E-state index contributed by atoms with van der Waals surface area (Å²) in [6.45, 7) is 10.7. The highest BCUT2D eigenvalue weighted by molar-refractivity contribution is 6.42. The van der Waals surface area contributed by atoms with Crippen molar-refractivity contribution in [3.05, 3.63) is 52.1 Å². The van der Waals surface area contributed by atoms with Gasteiger partial charge in [-0.15, -0.1) is 0 Å². The van der Waals surface area contributed by atoms with Crippen molar-refractivity contribution < 1.29 is 18.8 Å². The number of nitrogens with one attached hydrogen (secondary N) is 3. The molecule has 0 fully saturated rings. The molecule has 0 aliphatic carbocycles. The summed E-state index contributed by atoms with van der Waals surface area (Å²) in [6.07, 6.45) is 1.53. The Hall–Kier alpha value is -3.50. The number of aromatic nitrogens is 1. The molecule has 2 heterocycles. The van der Waals surface area contributed by atoms with Crippen molar-refractivity contribution >= 4 is 35.2 Å². The van der Waals surface area contributed by atoms with Gasteiger partial charge >= 0.3 is 6.03 Å². The van der Waals surface area contributed by atoms with Gasteiger partial charge in [0.25, 0.3) is 11.8 Å². The van der Waals surface area contributed by atoms with Gasteiger partial charge in [-0.1, -0.05) is 13.8 Å². The van der Waals surface area contributed by atoms with E-state index in [0.717, 1.165) is 30.6 Å². The molecule has 10 heteroatoms. The van der Waals surface area contributed by atoms with Gasteiger partial charge in [-0.3, -0.25) is 15.0 Å². The number of likely N-dealkylation sites (N-methyl/N-ethyl adjacent to an activating group) is 1. The Labute approximate surface area is 191 Å². The molecule has 0 spiro atoms. The number of hydrazine groups is 1. The predicted molar refractivity (Wildman–Crippen MR) is 125 cm³/mol. The summed E-state index contributed by atoms with van der Waals surface area (Å²) in [5.41, 5.74) is 4.84. The van der Waals surface area contributed by atoms with E-state index in [2.05, 4.69) is 29.0 Å². The number of urea groups is 1. The average Bonchev–Trinajstić information content (AvgIpc) is 3.22. The number of carbonyl (C=O) groups is 3. The smallest absolute Gasteiger partial charge is 0.343 e. The number of amides is 4. The molecule has 176 valence electrons. The molecule has 0 unspecified atom stereocenters. The lowest BCUT2D eigenvalue weighted by atomic mass is 10.0. The Bertz CT molecular complexity index is 1120. The fraction of sp³-hybridized carbons (Fsp3) is 0.348. The van der Waals surface area contributed by atoms with Gasteiger partial charge in [0.15, 0.2) is 0 Å².